The van der Waals surface area contributed by atoms with Crippen LogP contribution in [0.4, 0.5) is 5.69 Å². The van der Waals surface area contributed by atoms with Crippen molar-refractivity contribution in [3.63, 3.8) is 0 Å². The van der Waals surface area contributed by atoms with Gasteiger partial charge in [0.15, 0.2) is 0 Å². The van der Waals surface area contributed by atoms with Gasteiger partial charge in [-0.2, -0.15) is 0 Å². The quantitative estimate of drug-likeness (QED) is 0.182. The molecule has 1 aliphatic heterocycles. The number of ether oxygens (including phenoxy) is 3. The van der Waals surface area contributed by atoms with E-state index in [1.807, 2.05) is 0 Å². The van der Waals surface area contributed by atoms with Crippen molar-refractivity contribution < 1.29 is 33.5 Å². The van der Waals surface area contributed by atoms with Crippen LogP contribution in [0, 0.1) is 10.1 Å². The molecule has 0 amide bonds. The van der Waals surface area contributed by atoms with Gasteiger partial charge in [-0.05, 0) is 19.9 Å². The molecule has 0 saturated carbocycles. The van der Waals surface area contributed by atoms with Gasteiger partial charge in [-0.1, -0.05) is 29.8 Å². The first-order chi connectivity index (χ1) is 17.1. The zero-order valence-corrected chi connectivity index (χ0v) is 20.3. The topological polar surface area (TPSA) is 147 Å². The smallest absolute Gasteiger partial charge is 0.339 e. The van der Waals surface area contributed by atoms with Gasteiger partial charge in [0, 0.05) is 35.4 Å². The van der Waals surface area contributed by atoms with Gasteiger partial charge in [0.1, 0.15) is 13.2 Å². The van der Waals surface area contributed by atoms with Crippen LogP contribution < -0.4 is 5.32 Å². The Morgan fingerprint density at radius 1 is 1.03 bits per heavy atom. The first-order valence-electron chi connectivity index (χ1n) is 10.6. The fourth-order valence-corrected chi connectivity index (χ4v) is 3.98. The van der Waals surface area contributed by atoms with Crippen molar-refractivity contribution in [2.45, 2.75) is 19.8 Å². The molecule has 1 aromatic carbocycles. The van der Waals surface area contributed by atoms with Crippen LogP contribution in [0.25, 0.3) is 0 Å². The Hall–Kier alpha value is -4.25. The lowest BCUT2D eigenvalue weighted by atomic mass is 9.79. The van der Waals surface area contributed by atoms with Crippen LogP contribution >= 0.6 is 11.6 Å². The normalized spacial score (nSPS) is 15.2. The molecule has 11 nitrogen and oxygen atoms in total. The molecule has 1 N–H and O–H groups in total. The molecule has 2 heterocycles. The highest BCUT2D eigenvalue weighted by atomic mass is 35.5. The lowest BCUT2D eigenvalue weighted by Gasteiger charge is -2.30. The van der Waals surface area contributed by atoms with Gasteiger partial charge in [-0.15, -0.1) is 0 Å². The summed E-state index contributed by atoms with van der Waals surface area (Å²) in [4.78, 5) is 52.9. The van der Waals surface area contributed by atoms with E-state index in [9.17, 15) is 24.5 Å². The third-order valence-corrected chi connectivity index (χ3v) is 5.53. The number of nitrogens with zero attached hydrogens (tertiary/aromatic N) is 2. The molecule has 0 radical (unpaired) electrons. The lowest BCUT2D eigenvalue weighted by Crippen LogP contribution is -2.33. The van der Waals surface area contributed by atoms with Crippen LogP contribution in [0.3, 0.4) is 0 Å². The summed E-state index contributed by atoms with van der Waals surface area (Å²) in [5.41, 5.74) is 0.711. The number of rotatable bonds is 8. The number of hydrogen-bond donors (Lipinski definition) is 1. The van der Waals surface area contributed by atoms with Gasteiger partial charge in [0.25, 0.3) is 5.69 Å². The zero-order valence-electron chi connectivity index (χ0n) is 19.6. The fourth-order valence-electron chi connectivity index (χ4n) is 3.81. The van der Waals surface area contributed by atoms with Crippen molar-refractivity contribution in [2.24, 2.45) is 0 Å². The van der Waals surface area contributed by atoms with Crippen LogP contribution in [0.5, 0.6) is 0 Å². The van der Waals surface area contributed by atoms with E-state index in [2.05, 4.69) is 10.3 Å². The van der Waals surface area contributed by atoms with Gasteiger partial charge >= 0.3 is 17.9 Å². The van der Waals surface area contributed by atoms with Crippen LogP contribution in [-0.2, 0) is 23.8 Å². The minimum Gasteiger partial charge on any atom is -0.466 e. The Bertz CT molecular complexity index is 1290. The highest BCUT2D eigenvalue weighted by molar-refractivity contribution is 6.30. The summed E-state index contributed by atoms with van der Waals surface area (Å²) in [6.07, 6.45) is 2.64. The molecular weight excluding hydrogens is 494 g/mol. The molecule has 0 bridgehead atoms. The molecule has 12 heteroatoms. The van der Waals surface area contributed by atoms with Gasteiger partial charge in [-0.25, -0.2) is 14.4 Å². The number of esters is 3. The van der Waals surface area contributed by atoms with E-state index in [0.29, 0.717) is 11.4 Å². The Morgan fingerprint density at radius 3 is 2.25 bits per heavy atom. The van der Waals surface area contributed by atoms with Crippen LogP contribution in [-0.4, -0.2) is 48.1 Å². The molecule has 36 heavy (non-hydrogen) atoms. The molecule has 2 aromatic rings. The van der Waals surface area contributed by atoms with Crippen molar-refractivity contribution in [3.8, 4) is 0 Å². The highest BCUT2D eigenvalue weighted by Gasteiger charge is 2.40. The maximum absolute atomic E-state index is 13.2. The highest BCUT2D eigenvalue weighted by Crippen LogP contribution is 2.42. The lowest BCUT2D eigenvalue weighted by molar-refractivity contribution is -0.385. The Labute approximate surface area is 210 Å². The van der Waals surface area contributed by atoms with E-state index in [1.165, 1.54) is 43.8 Å². The maximum atomic E-state index is 13.2. The number of dihydropyridines is 1. The SMILES string of the molecule is COC(=O)C1=C(C)NC(C)=C(C(=O)OCCOC(=O)c2cncc(Cl)c2)C1c1ccccc1[N+](=O)[O-]. The third kappa shape index (κ3) is 5.69. The van der Waals surface area contributed by atoms with Gasteiger partial charge in [0.05, 0.1) is 39.7 Å². The number of allylic oxidation sites excluding steroid dienone is 2. The largest absolute Gasteiger partial charge is 0.466 e. The average molecular weight is 516 g/mol. The molecule has 0 spiro atoms. The van der Waals surface area contributed by atoms with E-state index < -0.39 is 28.7 Å². The van der Waals surface area contributed by atoms with Crippen molar-refractivity contribution in [1.29, 1.82) is 0 Å². The molecule has 188 valence electrons. The summed E-state index contributed by atoms with van der Waals surface area (Å²) in [5.74, 6) is -3.45. The predicted molar refractivity (Wildman–Crippen MR) is 127 cm³/mol. The van der Waals surface area contributed by atoms with Crippen LogP contribution in [0.1, 0.15) is 35.7 Å². The Balaban J connectivity index is 1.85. The molecule has 1 unspecified atom stereocenters. The van der Waals surface area contributed by atoms with E-state index >= 15 is 0 Å². The second-order valence-electron chi connectivity index (χ2n) is 7.61. The minimum absolute atomic E-state index is 0.0133. The first kappa shape index (κ1) is 26.4. The Kier molecular flexibility index (Phi) is 8.38. The number of halogens is 1. The van der Waals surface area contributed by atoms with Gasteiger partial charge in [-0.3, -0.25) is 15.1 Å². The van der Waals surface area contributed by atoms with Gasteiger partial charge in [0.2, 0.25) is 0 Å². The molecule has 1 atom stereocenters. The van der Waals surface area contributed by atoms with Crippen LogP contribution in [0.2, 0.25) is 5.02 Å². The first-order valence-corrected chi connectivity index (χ1v) is 11.0. The number of nitro groups is 1. The predicted octanol–water partition coefficient (Wildman–Crippen LogP) is 3.45. The van der Waals surface area contributed by atoms with E-state index in [1.54, 1.807) is 19.9 Å². The number of benzene rings is 1. The van der Waals surface area contributed by atoms with E-state index in [-0.39, 0.29) is 46.2 Å². The molecule has 3 rings (SSSR count). The number of para-hydroxylation sites is 1. The van der Waals surface area contributed by atoms with Gasteiger partial charge < -0.3 is 19.5 Å². The second kappa shape index (κ2) is 11.5. The molecule has 0 saturated heterocycles. The number of nitro benzene ring substituents is 1. The van der Waals surface area contributed by atoms with Crippen molar-refractivity contribution in [2.75, 3.05) is 20.3 Å². The number of nitrogens with one attached hydrogen (secondary N) is 1. The van der Waals surface area contributed by atoms with Crippen LogP contribution in [0.15, 0.2) is 65.3 Å². The average Bonchev–Trinajstić information content (AvgIpc) is 2.85. The zero-order chi connectivity index (χ0) is 26.4. The molecular formula is C24H22ClN3O8. The Morgan fingerprint density at radius 2 is 1.64 bits per heavy atom. The number of carbonyl (C=O) groups excluding carboxylic acids is 3. The molecule has 0 aliphatic carbocycles. The number of pyridine rings is 1. The summed E-state index contributed by atoms with van der Waals surface area (Å²) in [6, 6.07) is 7.17. The standard InChI is InChI=1S/C24H22ClN3O8/c1-13-19(23(30)34-3)21(17-6-4-5-7-18(17)28(32)33)20(14(2)27-13)24(31)36-9-8-35-22(29)15-10-16(25)12-26-11-15/h4-7,10-12,21,27H,8-9H2,1-3H3. The third-order valence-electron chi connectivity index (χ3n) is 5.32. The maximum Gasteiger partial charge on any atom is 0.339 e. The van der Waals surface area contributed by atoms with E-state index in [0.717, 1.165) is 0 Å². The van der Waals surface area contributed by atoms with E-state index in [4.69, 9.17) is 25.8 Å². The molecule has 1 aliphatic rings. The summed E-state index contributed by atoms with van der Waals surface area (Å²) in [5, 5.41) is 14.9. The number of aromatic nitrogens is 1. The van der Waals surface area contributed by atoms with Crippen molar-refractivity contribution >= 4 is 35.2 Å². The summed E-state index contributed by atoms with van der Waals surface area (Å²) < 4.78 is 15.3. The monoisotopic (exact) mass is 515 g/mol. The molecule has 1 aromatic heterocycles. The summed E-state index contributed by atoms with van der Waals surface area (Å²) >= 11 is 5.81. The molecule has 0 fully saturated rings. The number of carbonyl (C=O) groups is 3. The fraction of sp³-hybridized carbons (Fsp3) is 0.250. The number of methoxy groups -OCH3 is 1. The summed E-state index contributed by atoms with van der Waals surface area (Å²) in [6.45, 7) is 2.60. The van der Waals surface area contributed by atoms with Crippen molar-refractivity contribution in [1.82, 2.24) is 10.3 Å². The minimum atomic E-state index is -1.13. The second-order valence-corrected chi connectivity index (χ2v) is 8.04. The number of hydrogen-bond acceptors (Lipinski definition) is 10. The summed E-state index contributed by atoms with van der Waals surface area (Å²) in [7, 11) is 1.17. The van der Waals surface area contributed by atoms with Crippen molar-refractivity contribution in [3.05, 3.63) is 91.5 Å².